The van der Waals surface area contributed by atoms with Crippen molar-refractivity contribution in [3.8, 4) is 5.69 Å². The van der Waals surface area contributed by atoms with Gasteiger partial charge in [-0.2, -0.15) is 5.10 Å². The minimum atomic E-state index is -0.680. The smallest absolute Gasteiger partial charge is 0.269 e. The number of hydrogen-bond donors (Lipinski definition) is 2. The van der Waals surface area contributed by atoms with Gasteiger partial charge in [0, 0.05) is 31.1 Å². The molecule has 1 aromatic carbocycles. The number of fused-ring (bicyclic) bond motifs is 1. The minimum Gasteiger partial charge on any atom is -0.364 e. The van der Waals surface area contributed by atoms with Crippen molar-refractivity contribution < 1.29 is 13.6 Å². The Morgan fingerprint density at radius 3 is 2.95 bits per heavy atom. The van der Waals surface area contributed by atoms with Gasteiger partial charge in [-0.25, -0.2) is 13.5 Å². The molecule has 0 bridgehead atoms. The second kappa shape index (κ2) is 4.68. The first kappa shape index (κ1) is 12.7. The average Bonchev–Trinajstić information content (AvgIpc) is 2.81. The Hall–Kier alpha value is -2.28. The maximum Gasteiger partial charge on any atom is 0.269 e. The van der Waals surface area contributed by atoms with E-state index < -0.39 is 17.5 Å². The molecule has 1 aliphatic heterocycles. The molecule has 1 amide bonds. The van der Waals surface area contributed by atoms with Crippen molar-refractivity contribution in [3.63, 3.8) is 0 Å². The zero-order chi connectivity index (χ0) is 14.3. The molecule has 3 rings (SSSR count). The molecular weight excluding hydrogens is 266 g/mol. The van der Waals surface area contributed by atoms with Gasteiger partial charge in [0.2, 0.25) is 0 Å². The molecule has 7 heteroatoms. The molecule has 5 nitrogen and oxygen atoms in total. The third-order valence-electron chi connectivity index (χ3n) is 3.30. The van der Waals surface area contributed by atoms with E-state index >= 15 is 0 Å². The number of primary amides is 1. The highest BCUT2D eigenvalue weighted by Gasteiger charge is 2.25. The summed E-state index contributed by atoms with van der Waals surface area (Å²) < 4.78 is 28.5. The van der Waals surface area contributed by atoms with Gasteiger partial charge in [-0.15, -0.1) is 0 Å². The fourth-order valence-electron chi connectivity index (χ4n) is 2.39. The number of nitrogens with one attached hydrogen (secondary N) is 1. The summed E-state index contributed by atoms with van der Waals surface area (Å²) in [6, 6.07) is 3.12. The van der Waals surface area contributed by atoms with Crippen molar-refractivity contribution in [1.29, 1.82) is 0 Å². The van der Waals surface area contributed by atoms with Crippen molar-refractivity contribution in [3.05, 3.63) is 46.8 Å². The zero-order valence-electron chi connectivity index (χ0n) is 10.5. The lowest BCUT2D eigenvalue weighted by atomic mass is 10.1. The van der Waals surface area contributed by atoms with Crippen molar-refractivity contribution >= 4 is 5.91 Å². The van der Waals surface area contributed by atoms with Gasteiger partial charge in [0.15, 0.2) is 5.69 Å². The van der Waals surface area contributed by atoms with Gasteiger partial charge in [0.1, 0.15) is 17.3 Å². The Bertz CT molecular complexity index is 696. The molecule has 104 valence electrons. The van der Waals surface area contributed by atoms with E-state index in [2.05, 4.69) is 10.4 Å². The molecule has 0 radical (unpaired) electrons. The van der Waals surface area contributed by atoms with Gasteiger partial charge in [-0.1, -0.05) is 0 Å². The van der Waals surface area contributed by atoms with Gasteiger partial charge in [0.25, 0.3) is 5.91 Å². The summed E-state index contributed by atoms with van der Waals surface area (Å²) in [5.41, 5.74) is 6.69. The van der Waals surface area contributed by atoms with E-state index in [1.807, 2.05) is 0 Å². The number of amides is 1. The van der Waals surface area contributed by atoms with Crippen molar-refractivity contribution in [2.24, 2.45) is 5.73 Å². The van der Waals surface area contributed by atoms with E-state index in [9.17, 15) is 13.6 Å². The molecule has 0 saturated carbocycles. The van der Waals surface area contributed by atoms with Crippen LogP contribution < -0.4 is 11.1 Å². The molecule has 20 heavy (non-hydrogen) atoms. The molecule has 0 spiro atoms. The first-order chi connectivity index (χ1) is 9.58. The molecule has 2 heterocycles. The lowest BCUT2D eigenvalue weighted by Crippen LogP contribution is -2.26. The van der Waals surface area contributed by atoms with Crippen molar-refractivity contribution in [2.75, 3.05) is 6.54 Å². The number of hydrogen-bond acceptors (Lipinski definition) is 3. The maximum atomic E-state index is 13.9. The molecule has 0 aliphatic carbocycles. The summed E-state index contributed by atoms with van der Waals surface area (Å²) in [4.78, 5) is 11.4. The van der Waals surface area contributed by atoms with E-state index in [0.29, 0.717) is 30.8 Å². The number of carbonyl (C=O) groups excluding carboxylic acids is 1. The second-order valence-corrected chi connectivity index (χ2v) is 4.57. The highest BCUT2D eigenvalue weighted by atomic mass is 19.1. The molecule has 0 fully saturated rings. The van der Waals surface area contributed by atoms with Gasteiger partial charge >= 0.3 is 0 Å². The monoisotopic (exact) mass is 278 g/mol. The Balaban J connectivity index is 2.23. The largest absolute Gasteiger partial charge is 0.364 e. The summed E-state index contributed by atoms with van der Waals surface area (Å²) in [7, 11) is 0. The first-order valence-corrected chi connectivity index (χ1v) is 6.14. The van der Waals surface area contributed by atoms with Crippen LogP contribution in [0.3, 0.4) is 0 Å². The third-order valence-corrected chi connectivity index (χ3v) is 3.30. The van der Waals surface area contributed by atoms with E-state index in [0.717, 1.165) is 18.2 Å². The maximum absolute atomic E-state index is 13.9. The second-order valence-electron chi connectivity index (χ2n) is 4.57. The van der Waals surface area contributed by atoms with Crippen LogP contribution in [0, 0.1) is 11.6 Å². The normalized spacial score (nSPS) is 14.1. The lowest BCUT2D eigenvalue weighted by molar-refractivity contribution is 0.0994. The Labute approximate surface area is 113 Å². The predicted molar refractivity (Wildman–Crippen MR) is 67.4 cm³/mol. The zero-order valence-corrected chi connectivity index (χ0v) is 10.5. The van der Waals surface area contributed by atoms with Crippen molar-refractivity contribution in [2.45, 2.75) is 13.0 Å². The number of aromatic nitrogens is 2. The van der Waals surface area contributed by atoms with Crippen LogP contribution in [0.1, 0.15) is 21.7 Å². The van der Waals surface area contributed by atoms with E-state index in [1.165, 1.54) is 4.68 Å². The fraction of sp³-hybridized carbons (Fsp3) is 0.231. The Morgan fingerprint density at radius 2 is 2.20 bits per heavy atom. The lowest BCUT2D eigenvalue weighted by Gasteiger charge is -2.15. The number of nitrogens with zero attached hydrogens (tertiary/aromatic N) is 2. The van der Waals surface area contributed by atoms with Gasteiger partial charge in [-0.05, 0) is 12.1 Å². The molecule has 1 aromatic heterocycles. The number of nitrogens with two attached hydrogens (primary N) is 1. The molecular formula is C13H12F2N4O. The number of benzene rings is 1. The quantitative estimate of drug-likeness (QED) is 0.857. The fourth-order valence-corrected chi connectivity index (χ4v) is 2.39. The van der Waals surface area contributed by atoms with E-state index in [1.54, 1.807) is 0 Å². The standard InChI is InChI=1S/C13H12F2N4O/c14-7-1-2-9(15)11(5-7)19-10-3-4-17-6-8(10)12(18-19)13(16)20/h1-2,5,17H,3-4,6H2,(H2,16,20). The summed E-state index contributed by atoms with van der Waals surface area (Å²) >= 11 is 0. The van der Waals surface area contributed by atoms with Crippen LogP contribution in [-0.4, -0.2) is 22.2 Å². The van der Waals surface area contributed by atoms with Crippen molar-refractivity contribution in [1.82, 2.24) is 15.1 Å². The summed E-state index contributed by atoms with van der Waals surface area (Å²) in [5, 5.41) is 7.16. The van der Waals surface area contributed by atoms with Crippen LogP contribution in [-0.2, 0) is 13.0 Å². The minimum absolute atomic E-state index is 0.0179. The first-order valence-electron chi connectivity index (χ1n) is 6.14. The van der Waals surface area contributed by atoms with Gasteiger partial charge < -0.3 is 11.1 Å². The topological polar surface area (TPSA) is 72.9 Å². The Morgan fingerprint density at radius 1 is 1.40 bits per heavy atom. The van der Waals surface area contributed by atoms with Crippen LogP contribution in [0.25, 0.3) is 5.69 Å². The highest BCUT2D eigenvalue weighted by molar-refractivity contribution is 5.92. The molecule has 0 unspecified atom stereocenters. The molecule has 0 saturated heterocycles. The van der Waals surface area contributed by atoms with Gasteiger partial charge in [-0.3, -0.25) is 4.79 Å². The van der Waals surface area contributed by atoms with Crippen LogP contribution in [0.5, 0.6) is 0 Å². The summed E-state index contributed by atoms with van der Waals surface area (Å²) in [6.07, 6.45) is 0.561. The molecule has 0 atom stereocenters. The third kappa shape index (κ3) is 1.96. The highest BCUT2D eigenvalue weighted by Crippen LogP contribution is 2.24. The van der Waals surface area contributed by atoms with Crippen LogP contribution in [0.2, 0.25) is 0 Å². The summed E-state index contributed by atoms with van der Waals surface area (Å²) in [6.45, 7) is 1.11. The average molecular weight is 278 g/mol. The van der Waals surface area contributed by atoms with Crippen LogP contribution >= 0.6 is 0 Å². The molecule has 1 aliphatic rings. The van der Waals surface area contributed by atoms with Crippen LogP contribution in [0.15, 0.2) is 18.2 Å². The van der Waals surface area contributed by atoms with Gasteiger partial charge in [0.05, 0.1) is 5.69 Å². The summed E-state index contributed by atoms with van der Waals surface area (Å²) in [5.74, 6) is -1.85. The predicted octanol–water partition coefficient (Wildman–Crippen LogP) is 0.895. The molecule has 3 N–H and O–H groups in total. The van der Waals surface area contributed by atoms with Crippen LogP contribution in [0.4, 0.5) is 8.78 Å². The number of halogens is 2. The number of carbonyl (C=O) groups is 1. The number of rotatable bonds is 2. The SMILES string of the molecule is NC(=O)c1nn(-c2cc(F)ccc2F)c2c1CNCC2. The molecule has 2 aromatic rings. The van der Waals surface area contributed by atoms with E-state index in [4.69, 9.17) is 5.73 Å². The Kier molecular flexibility index (Phi) is 2.98. The van der Waals surface area contributed by atoms with E-state index in [-0.39, 0.29) is 11.4 Å².